The zero-order valence-corrected chi connectivity index (χ0v) is 10.9. The predicted molar refractivity (Wildman–Crippen MR) is 63.0 cm³/mol. The number of rotatable bonds is 4. The Morgan fingerprint density at radius 1 is 1.00 bits per heavy atom. The third kappa shape index (κ3) is 6.22. The van der Waals surface area contributed by atoms with Crippen LogP contribution in [-0.4, -0.2) is 36.6 Å². The Hall–Kier alpha value is 0.680. The predicted octanol–water partition coefficient (Wildman–Crippen LogP) is 3.23. The van der Waals surface area contributed by atoms with E-state index in [-0.39, 0.29) is 20.3 Å². The van der Waals surface area contributed by atoms with Gasteiger partial charge in [0.2, 0.25) is 0 Å². The molecule has 0 aromatic rings. The van der Waals surface area contributed by atoms with Gasteiger partial charge < -0.3 is 4.90 Å². The summed E-state index contributed by atoms with van der Waals surface area (Å²) in [5.41, 5.74) is 1.74. The molecule has 0 aliphatic carbocycles. The van der Waals surface area contributed by atoms with E-state index in [1.807, 2.05) is 0 Å². The highest BCUT2D eigenvalue weighted by Crippen LogP contribution is 2.45. The van der Waals surface area contributed by atoms with Crippen LogP contribution in [0.25, 0.3) is 0 Å². The van der Waals surface area contributed by atoms with Gasteiger partial charge in [0.1, 0.15) is 0 Å². The van der Waals surface area contributed by atoms with Gasteiger partial charge in [-0.2, -0.15) is 0 Å². The first-order valence-electron chi connectivity index (χ1n) is 4.35. The topological polar surface area (TPSA) is 3.24 Å². The zero-order valence-electron chi connectivity index (χ0n) is 9.16. The van der Waals surface area contributed by atoms with Crippen LogP contribution in [0.5, 0.6) is 0 Å². The largest absolute Gasteiger partial charge is 0.305 e. The lowest BCUT2D eigenvalue weighted by atomic mass is 10.5. The van der Waals surface area contributed by atoms with Gasteiger partial charge >= 0.3 is 0 Å². The second-order valence-electron chi connectivity index (χ2n) is 3.92. The Bertz CT molecular complexity index is 96.7. The smallest absolute Gasteiger partial charge is 0.0182 e. The first-order valence-corrected chi connectivity index (χ1v) is 6.02. The fourth-order valence-corrected chi connectivity index (χ4v) is 3.75. The molecule has 0 atom stereocenters. The Morgan fingerprint density at radius 3 is 1.42 bits per heavy atom. The molecule has 0 rings (SSSR count). The molecule has 0 amide bonds. The molecule has 0 N–H and O–H groups in total. The monoisotopic (exact) mass is 211 g/mol. The maximum atomic E-state index is 2.34. The number of hydrogen-bond donors (Lipinski definition) is 0. The quantitative estimate of drug-likeness (QED) is 0.646. The molecule has 1 nitrogen and oxygen atoms in total. The number of halogens is 1. The summed E-state index contributed by atoms with van der Waals surface area (Å²) in [6.07, 6.45) is 1.28. The Morgan fingerprint density at radius 2 is 1.33 bits per heavy atom. The normalized spacial score (nSPS) is 11.5. The third-order valence-electron chi connectivity index (χ3n) is 1.77. The van der Waals surface area contributed by atoms with Crippen molar-refractivity contribution in [2.75, 3.05) is 20.4 Å². The molecule has 0 saturated heterocycles. The highest BCUT2D eigenvalue weighted by Gasteiger charge is 2.16. The van der Waals surface area contributed by atoms with E-state index in [1.165, 1.54) is 6.29 Å². The maximum absolute atomic E-state index is 2.34. The fourth-order valence-electron chi connectivity index (χ4n) is 1.25. The lowest BCUT2D eigenvalue weighted by Crippen LogP contribution is -2.18. The van der Waals surface area contributed by atoms with Gasteiger partial charge in [0.15, 0.2) is 0 Å². The highest BCUT2D eigenvalue weighted by atomic mass is 35.5. The molecular formula is C9H23ClNP. The van der Waals surface area contributed by atoms with Crippen molar-refractivity contribution in [2.24, 2.45) is 0 Å². The number of hydrogen-bond acceptors (Lipinski definition) is 1. The summed E-state index contributed by atoms with van der Waals surface area (Å²) in [7, 11) is 4.54. The third-order valence-corrected chi connectivity index (χ3v) is 5.32. The van der Waals surface area contributed by atoms with Crippen LogP contribution in [0.1, 0.15) is 27.7 Å². The van der Waals surface area contributed by atoms with Crippen LogP contribution in [-0.2, 0) is 0 Å². The van der Waals surface area contributed by atoms with Gasteiger partial charge in [-0.1, -0.05) is 35.6 Å². The second kappa shape index (κ2) is 7.12. The Labute approximate surface area is 85.1 Å². The van der Waals surface area contributed by atoms with E-state index in [2.05, 4.69) is 46.7 Å². The molecule has 0 aliphatic rings. The van der Waals surface area contributed by atoms with Crippen LogP contribution < -0.4 is 0 Å². The van der Waals surface area contributed by atoms with E-state index < -0.39 is 0 Å². The molecule has 0 aromatic heterocycles. The van der Waals surface area contributed by atoms with Gasteiger partial charge in [-0.05, 0) is 25.4 Å². The maximum Gasteiger partial charge on any atom is 0.0182 e. The molecule has 0 bridgehead atoms. The van der Waals surface area contributed by atoms with Crippen molar-refractivity contribution in [3.8, 4) is 0 Å². The van der Waals surface area contributed by atoms with Gasteiger partial charge in [0, 0.05) is 6.29 Å². The molecule has 12 heavy (non-hydrogen) atoms. The van der Waals surface area contributed by atoms with Crippen molar-refractivity contribution in [2.45, 2.75) is 39.0 Å². The lowest BCUT2D eigenvalue weighted by Gasteiger charge is -2.28. The summed E-state index contributed by atoms with van der Waals surface area (Å²) in [5.74, 6) is 0. The van der Waals surface area contributed by atoms with Crippen LogP contribution in [0.15, 0.2) is 0 Å². The minimum absolute atomic E-state index is 0. The molecule has 0 unspecified atom stereocenters. The standard InChI is InChI=1S/C9H22NP.ClH/c1-8(2)11(9(3)4)7-10(5)6;/h8-9H,7H2,1-6H3;1H. The molecular weight excluding hydrogens is 189 g/mol. The molecule has 0 spiro atoms. The van der Waals surface area contributed by atoms with Gasteiger partial charge in [0.05, 0.1) is 0 Å². The molecule has 0 aromatic carbocycles. The van der Waals surface area contributed by atoms with Crippen molar-refractivity contribution >= 4 is 20.3 Å². The van der Waals surface area contributed by atoms with Crippen molar-refractivity contribution < 1.29 is 0 Å². The van der Waals surface area contributed by atoms with Gasteiger partial charge in [0.25, 0.3) is 0 Å². The van der Waals surface area contributed by atoms with Crippen LogP contribution in [0.3, 0.4) is 0 Å². The zero-order chi connectivity index (χ0) is 9.02. The molecule has 0 radical (unpaired) electrons. The van der Waals surface area contributed by atoms with E-state index in [0.29, 0.717) is 0 Å². The Balaban J connectivity index is 0. The molecule has 0 heterocycles. The van der Waals surface area contributed by atoms with E-state index in [1.54, 1.807) is 0 Å². The van der Waals surface area contributed by atoms with Crippen molar-refractivity contribution in [1.82, 2.24) is 4.90 Å². The summed E-state index contributed by atoms with van der Waals surface area (Å²) in [6.45, 7) is 9.37. The summed E-state index contributed by atoms with van der Waals surface area (Å²) in [5, 5.41) is 0. The van der Waals surface area contributed by atoms with Crippen molar-refractivity contribution in [1.29, 1.82) is 0 Å². The summed E-state index contributed by atoms with van der Waals surface area (Å²) >= 11 is 0. The van der Waals surface area contributed by atoms with E-state index in [0.717, 1.165) is 11.3 Å². The summed E-state index contributed by atoms with van der Waals surface area (Å²) in [6, 6.07) is 0. The SMILES string of the molecule is CC(C)P(CN(C)C)C(C)C.Cl. The first kappa shape index (κ1) is 15.2. The van der Waals surface area contributed by atoms with Crippen LogP contribution in [0.2, 0.25) is 0 Å². The minimum Gasteiger partial charge on any atom is -0.305 e. The molecule has 0 saturated carbocycles. The van der Waals surface area contributed by atoms with Crippen LogP contribution >= 0.6 is 20.3 Å². The van der Waals surface area contributed by atoms with E-state index in [4.69, 9.17) is 0 Å². The average Bonchev–Trinajstić information content (AvgIpc) is 1.81. The van der Waals surface area contributed by atoms with Gasteiger partial charge in [-0.25, -0.2) is 0 Å². The van der Waals surface area contributed by atoms with E-state index in [9.17, 15) is 0 Å². The summed E-state index contributed by atoms with van der Waals surface area (Å²) in [4.78, 5) is 2.31. The average molecular weight is 212 g/mol. The fraction of sp³-hybridized carbons (Fsp3) is 1.00. The minimum atomic E-state index is 0. The van der Waals surface area contributed by atoms with Crippen molar-refractivity contribution in [3.63, 3.8) is 0 Å². The van der Waals surface area contributed by atoms with Gasteiger partial charge in [-0.3, -0.25) is 0 Å². The summed E-state index contributed by atoms with van der Waals surface area (Å²) < 4.78 is 0. The molecule has 3 heteroatoms. The first-order chi connectivity index (χ1) is 4.95. The molecule has 0 aliphatic heterocycles. The second-order valence-corrected chi connectivity index (χ2v) is 7.30. The number of nitrogens with zero attached hydrogens (tertiary/aromatic N) is 1. The molecule has 76 valence electrons. The van der Waals surface area contributed by atoms with E-state index >= 15 is 0 Å². The molecule has 0 fully saturated rings. The Kier molecular flexibility index (Phi) is 9.00. The van der Waals surface area contributed by atoms with Crippen molar-refractivity contribution in [3.05, 3.63) is 0 Å². The van der Waals surface area contributed by atoms with Crippen LogP contribution in [0.4, 0.5) is 0 Å². The van der Waals surface area contributed by atoms with Crippen LogP contribution in [0, 0.1) is 0 Å². The van der Waals surface area contributed by atoms with Gasteiger partial charge in [-0.15, -0.1) is 12.4 Å². The highest BCUT2D eigenvalue weighted by molar-refractivity contribution is 7.58. The lowest BCUT2D eigenvalue weighted by molar-refractivity contribution is 0.478.